The number of esters is 2. The van der Waals surface area contributed by atoms with Crippen LogP contribution in [0.15, 0.2) is 72.8 Å². The minimum atomic E-state index is -0.587. The molecule has 2 aromatic carbocycles. The molecule has 0 N–H and O–H groups in total. The molecule has 0 heterocycles. The van der Waals surface area contributed by atoms with Crippen molar-refractivity contribution in [2.45, 2.75) is 26.1 Å². The lowest BCUT2D eigenvalue weighted by Crippen LogP contribution is -2.32. The second-order valence-corrected chi connectivity index (χ2v) is 6.32. The number of benzene rings is 2. The van der Waals surface area contributed by atoms with Gasteiger partial charge in [0.1, 0.15) is 13.2 Å². The lowest BCUT2D eigenvalue weighted by Gasteiger charge is -2.24. The van der Waals surface area contributed by atoms with Gasteiger partial charge in [0, 0.05) is 0 Å². The molecule has 0 radical (unpaired) electrons. The molecule has 0 amide bonds. The normalized spacial score (nSPS) is 18.9. The first-order valence-electron chi connectivity index (χ1n) is 8.82. The van der Waals surface area contributed by atoms with Gasteiger partial charge in [0.15, 0.2) is 0 Å². The second kappa shape index (κ2) is 8.99. The van der Waals surface area contributed by atoms with Gasteiger partial charge in [-0.1, -0.05) is 72.8 Å². The monoisotopic (exact) mass is 350 g/mol. The summed E-state index contributed by atoms with van der Waals surface area (Å²) in [5.41, 5.74) is 1.85. The van der Waals surface area contributed by atoms with Crippen LogP contribution in [0.2, 0.25) is 0 Å². The third-order valence-corrected chi connectivity index (χ3v) is 4.44. The van der Waals surface area contributed by atoms with E-state index in [-0.39, 0.29) is 25.2 Å². The zero-order valence-electron chi connectivity index (χ0n) is 14.5. The summed E-state index contributed by atoms with van der Waals surface area (Å²) in [5, 5.41) is 0. The first-order chi connectivity index (χ1) is 12.7. The largest absolute Gasteiger partial charge is 0.461 e. The van der Waals surface area contributed by atoms with Gasteiger partial charge in [0.05, 0.1) is 11.8 Å². The van der Waals surface area contributed by atoms with E-state index >= 15 is 0 Å². The zero-order chi connectivity index (χ0) is 18.2. The van der Waals surface area contributed by atoms with Crippen molar-refractivity contribution in [3.63, 3.8) is 0 Å². The molecule has 26 heavy (non-hydrogen) atoms. The first kappa shape index (κ1) is 17.9. The number of carbonyl (C=O) groups is 2. The third-order valence-electron chi connectivity index (χ3n) is 4.44. The van der Waals surface area contributed by atoms with Crippen molar-refractivity contribution in [2.24, 2.45) is 11.8 Å². The predicted molar refractivity (Wildman–Crippen MR) is 97.8 cm³/mol. The number of hydrogen-bond acceptors (Lipinski definition) is 4. The van der Waals surface area contributed by atoms with Crippen LogP contribution in [0, 0.1) is 11.8 Å². The Morgan fingerprint density at radius 1 is 0.808 bits per heavy atom. The van der Waals surface area contributed by atoms with Gasteiger partial charge in [-0.05, 0) is 24.0 Å². The maximum Gasteiger partial charge on any atom is 0.314 e. The molecule has 1 aliphatic carbocycles. The van der Waals surface area contributed by atoms with Gasteiger partial charge in [0.25, 0.3) is 0 Å². The van der Waals surface area contributed by atoms with Crippen LogP contribution in [-0.4, -0.2) is 11.9 Å². The number of carbonyl (C=O) groups excluding carboxylic acids is 2. The number of rotatable bonds is 6. The molecule has 4 nitrogen and oxygen atoms in total. The van der Waals surface area contributed by atoms with E-state index in [9.17, 15) is 9.59 Å². The van der Waals surface area contributed by atoms with Crippen LogP contribution in [0.5, 0.6) is 0 Å². The zero-order valence-corrected chi connectivity index (χ0v) is 14.5. The molecule has 0 fully saturated rings. The highest BCUT2D eigenvalue weighted by Gasteiger charge is 2.35. The fourth-order valence-corrected chi connectivity index (χ4v) is 3.00. The van der Waals surface area contributed by atoms with Crippen LogP contribution >= 0.6 is 0 Å². The highest BCUT2D eigenvalue weighted by atomic mass is 16.5. The molecule has 2 atom stereocenters. The molecule has 3 rings (SSSR count). The van der Waals surface area contributed by atoms with Crippen LogP contribution in [0.3, 0.4) is 0 Å². The van der Waals surface area contributed by atoms with E-state index in [0.717, 1.165) is 17.5 Å². The van der Waals surface area contributed by atoms with Gasteiger partial charge in [-0.15, -0.1) is 0 Å². The molecular weight excluding hydrogens is 328 g/mol. The van der Waals surface area contributed by atoms with Crippen molar-refractivity contribution in [1.29, 1.82) is 0 Å². The van der Waals surface area contributed by atoms with Crippen molar-refractivity contribution >= 4 is 11.9 Å². The summed E-state index contributed by atoms with van der Waals surface area (Å²) >= 11 is 0. The Labute approximate surface area is 153 Å². The summed E-state index contributed by atoms with van der Waals surface area (Å²) in [6.07, 6.45) is 5.05. The van der Waals surface area contributed by atoms with Crippen LogP contribution in [0.1, 0.15) is 24.0 Å². The lowest BCUT2D eigenvalue weighted by molar-refractivity contribution is -0.160. The Hall–Kier alpha value is -2.88. The third kappa shape index (κ3) is 4.82. The van der Waals surface area contributed by atoms with E-state index in [1.807, 2.05) is 66.7 Å². The second-order valence-electron chi connectivity index (χ2n) is 6.32. The molecule has 134 valence electrons. The molecule has 2 unspecified atom stereocenters. The van der Waals surface area contributed by atoms with Crippen molar-refractivity contribution in [3.05, 3.63) is 83.9 Å². The number of ether oxygens (including phenoxy) is 2. The fraction of sp³-hybridized carbons (Fsp3) is 0.273. The van der Waals surface area contributed by atoms with E-state index in [0.29, 0.717) is 6.42 Å². The molecular formula is C22H22O4. The van der Waals surface area contributed by atoms with Crippen LogP contribution in [0.4, 0.5) is 0 Å². The van der Waals surface area contributed by atoms with E-state index in [1.165, 1.54) is 0 Å². The summed E-state index contributed by atoms with van der Waals surface area (Å²) in [6, 6.07) is 19.0. The van der Waals surface area contributed by atoms with Crippen LogP contribution < -0.4 is 0 Å². The Kier molecular flexibility index (Phi) is 6.20. The molecule has 0 aliphatic heterocycles. The molecule has 0 saturated heterocycles. The minimum Gasteiger partial charge on any atom is -0.461 e. The summed E-state index contributed by atoms with van der Waals surface area (Å²) in [7, 11) is 0. The predicted octanol–water partition coefficient (Wildman–Crippen LogP) is 4.06. The minimum absolute atomic E-state index is 0.204. The topological polar surface area (TPSA) is 52.6 Å². The fourth-order valence-electron chi connectivity index (χ4n) is 3.00. The average molecular weight is 350 g/mol. The Bertz CT molecular complexity index is 752. The molecule has 0 bridgehead atoms. The van der Waals surface area contributed by atoms with E-state index in [4.69, 9.17) is 9.47 Å². The summed E-state index contributed by atoms with van der Waals surface area (Å²) in [5.74, 6) is -1.81. The molecule has 4 heteroatoms. The lowest BCUT2D eigenvalue weighted by atomic mass is 9.84. The van der Waals surface area contributed by atoms with Crippen molar-refractivity contribution in [2.75, 3.05) is 0 Å². The quantitative estimate of drug-likeness (QED) is 0.582. The highest BCUT2D eigenvalue weighted by Crippen LogP contribution is 2.28. The molecule has 1 aliphatic rings. The van der Waals surface area contributed by atoms with E-state index < -0.39 is 11.8 Å². The van der Waals surface area contributed by atoms with Gasteiger partial charge < -0.3 is 9.47 Å². The van der Waals surface area contributed by atoms with E-state index in [1.54, 1.807) is 6.08 Å². The van der Waals surface area contributed by atoms with Gasteiger partial charge in [-0.2, -0.15) is 0 Å². The SMILES string of the molecule is O=C(OCc1ccccc1)C1C=CCCC1C(=O)OCc1ccccc1. The van der Waals surface area contributed by atoms with Gasteiger partial charge in [-0.25, -0.2) is 0 Å². The average Bonchev–Trinajstić information content (AvgIpc) is 2.72. The Morgan fingerprint density at radius 2 is 1.35 bits per heavy atom. The summed E-state index contributed by atoms with van der Waals surface area (Å²) in [6.45, 7) is 0.418. The van der Waals surface area contributed by atoms with Crippen LogP contribution in [-0.2, 0) is 32.3 Å². The number of allylic oxidation sites excluding steroid dienone is 1. The molecule has 0 aromatic heterocycles. The maximum absolute atomic E-state index is 12.5. The van der Waals surface area contributed by atoms with Crippen molar-refractivity contribution < 1.29 is 19.1 Å². The first-order valence-corrected chi connectivity index (χ1v) is 8.82. The van der Waals surface area contributed by atoms with E-state index in [2.05, 4.69) is 0 Å². The molecule has 2 aromatic rings. The van der Waals surface area contributed by atoms with Crippen molar-refractivity contribution in [1.82, 2.24) is 0 Å². The number of hydrogen-bond donors (Lipinski definition) is 0. The highest BCUT2D eigenvalue weighted by molar-refractivity contribution is 5.84. The standard InChI is InChI=1S/C22H22O4/c23-21(25-15-17-9-3-1-4-10-17)19-13-7-8-14-20(19)22(24)26-16-18-11-5-2-6-12-18/h1-7,9-13,19-20H,8,14-16H2. The van der Waals surface area contributed by atoms with Gasteiger partial charge in [-0.3, -0.25) is 9.59 Å². The maximum atomic E-state index is 12.5. The van der Waals surface area contributed by atoms with Crippen LogP contribution in [0.25, 0.3) is 0 Å². The Balaban J connectivity index is 1.57. The van der Waals surface area contributed by atoms with Gasteiger partial charge in [0.2, 0.25) is 0 Å². The molecule has 0 saturated carbocycles. The molecule has 0 spiro atoms. The summed E-state index contributed by atoms with van der Waals surface area (Å²) in [4.78, 5) is 25.0. The van der Waals surface area contributed by atoms with Crippen molar-refractivity contribution in [3.8, 4) is 0 Å². The Morgan fingerprint density at radius 3 is 1.92 bits per heavy atom. The summed E-state index contributed by atoms with van der Waals surface area (Å²) < 4.78 is 10.8. The van der Waals surface area contributed by atoms with Gasteiger partial charge >= 0.3 is 11.9 Å². The smallest absolute Gasteiger partial charge is 0.314 e.